The van der Waals surface area contributed by atoms with Crippen LogP contribution in [0, 0.1) is 17.6 Å². The number of halogens is 5. The van der Waals surface area contributed by atoms with Gasteiger partial charge in [-0.1, -0.05) is 18.2 Å². The number of carbonyl (C=O) groups is 2. The van der Waals surface area contributed by atoms with Crippen molar-refractivity contribution in [2.75, 3.05) is 53.6 Å². The maximum absolute atomic E-state index is 14.5. The zero-order valence-corrected chi connectivity index (χ0v) is 29.8. The van der Waals surface area contributed by atoms with Gasteiger partial charge in [0.15, 0.2) is 17.5 Å². The summed E-state index contributed by atoms with van der Waals surface area (Å²) >= 11 is 0. The molecular formula is C38H40F5N7O4. The SMILES string of the molecule is COc1ccc(-c2cn[nH]n2)cc1C(=O)N(C)CC(CCN1CCC(C(=O)c2nc3ccccc3n2CCOCC(F)(F)F)CC1)c1ccc(F)c(F)c1. The summed E-state index contributed by atoms with van der Waals surface area (Å²) in [4.78, 5) is 35.9. The number of rotatable bonds is 15. The number of aromatic nitrogens is 5. The van der Waals surface area contributed by atoms with Gasteiger partial charge in [-0.3, -0.25) is 9.59 Å². The van der Waals surface area contributed by atoms with Crippen molar-refractivity contribution in [3.05, 3.63) is 95.4 Å². The molecule has 1 saturated heterocycles. The first-order chi connectivity index (χ1) is 25.9. The maximum Gasteiger partial charge on any atom is 0.411 e. The minimum atomic E-state index is -4.45. The molecule has 0 aliphatic carbocycles. The number of imidazole rings is 1. The van der Waals surface area contributed by atoms with E-state index in [0.717, 1.165) is 12.1 Å². The van der Waals surface area contributed by atoms with Gasteiger partial charge in [0, 0.05) is 37.5 Å². The Bertz CT molecular complexity index is 2060. The van der Waals surface area contributed by atoms with Crippen LogP contribution >= 0.6 is 0 Å². The van der Waals surface area contributed by atoms with Crippen molar-refractivity contribution in [1.82, 2.24) is 34.8 Å². The summed E-state index contributed by atoms with van der Waals surface area (Å²) in [6, 6.07) is 16.0. The number of hydrogen-bond donors (Lipinski definition) is 1. The number of Topliss-reactive ketones (excluding diaryl/α,β-unsaturated/α-hetero) is 1. The fourth-order valence-electron chi connectivity index (χ4n) is 6.90. The summed E-state index contributed by atoms with van der Waals surface area (Å²) in [5.74, 6) is -2.60. The number of piperidine rings is 1. The quantitative estimate of drug-likeness (QED) is 0.0729. The van der Waals surface area contributed by atoms with Crippen molar-refractivity contribution >= 4 is 22.7 Å². The molecule has 286 valence electrons. The normalized spacial score (nSPS) is 14.7. The van der Waals surface area contributed by atoms with Gasteiger partial charge in [0.2, 0.25) is 5.78 Å². The molecule has 1 aliphatic heterocycles. The molecule has 1 N–H and O–H groups in total. The van der Waals surface area contributed by atoms with Gasteiger partial charge in [-0.2, -0.15) is 28.6 Å². The second-order valence-electron chi connectivity index (χ2n) is 13.3. The molecule has 54 heavy (non-hydrogen) atoms. The van der Waals surface area contributed by atoms with Crippen LogP contribution in [0.25, 0.3) is 22.3 Å². The van der Waals surface area contributed by atoms with Gasteiger partial charge in [-0.15, -0.1) is 0 Å². The van der Waals surface area contributed by atoms with Crippen molar-refractivity contribution in [3.8, 4) is 17.0 Å². The summed E-state index contributed by atoms with van der Waals surface area (Å²) in [5, 5.41) is 10.5. The highest BCUT2D eigenvalue weighted by Gasteiger charge is 2.31. The predicted molar refractivity (Wildman–Crippen MR) is 189 cm³/mol. The highest BCUT2D eigenvalue weighted by atomic mass is 19.4. The largest absolute Gasteiger partial charge is 0.496 e. The lowest BCUT2D eigenvalue weighted by Gasteiger charge is -2.33. The van der Waals surface area contributed by atoms with E-state index in [-0.39, 0.29) is 49.0 Å². The lowest BCUT2D eigenvalue weighted by atomic mass is 9.90. The lowest BCUT2D eigenvalue weighted by Crippen LogP contribution is -2.39. The molecule has 0 spiro atoms. The van der Waals surface area contributed by atoms with Crippen LogP contribution in [0.5, 0.6) is 5.75 Å². The van der Waals surface area contributed by atoms with Crippen LogP contribution in [0.3, 0.4) is 0 Å². The van der Waals surface area contributed by atoms with E-state index >= 15 is 0 Å². The molecule has 0 saturated carbocycles. The predicted octanol–water partition coefficient (Wildman–Crippen LogP) is 6.53. The number of amides is 1. The van der Waals surface area contributed by atoms with Gasteiger partial charge in [-0.25, -0.2) is 13.8 Å². The van der Waals surface area contributed by atoms with Crippen LogP contribution in [0.15, 0.2) is 66.9 Å². The molecule has 5 aromatic rings. The second-order valence-corrected chi connectivity index (χ2v) is 13.3. The third-order valence-electron chi connectivity index (χ3n) is 9.75. The summed E-state index contributed by atoms with van der Waals surface area (Å²) in [5.41, 5.74) is 3.27. The number of fused-ring (bicyclic) bond motifs is 1. The fourth-order valence-corrected chi connectivity index (χ4v) is 6.90. The van der Waals surface area contributed by atoms with Crippen molar-refractivity contribution < 1.29 is 41.0 Å². The average molecular weight is 754 g/mol. The van der Waals surface area contributed by atoms with Crippen molar-refractivity contribution in [2.45, 2.75) is 37.9 Å². The van der Waals surface area contributed by atoms with Gasteiger partial charge >= 0.3 is 6.18 Å². The number of methoxy groups -OCH3 is 1. The highest BCUT2D eigenvalue weighted by Crippen LogP contribution is 2.30. The van der Waals surface area contributed by atoms with Gasteiger partial charge in [0.05, 0.1) is 36.5 Å². The Balaban J connectivity index is 1.11. The Hall–Kier alpha value is -5.22. The first kappa shape index (κ1) is 38.5. The third kappa shape index (κ3) is 9.10. The van der Waals surface area contributed by atoms with Crippen molar-refractivity contribution in [1.29, 1.82) is 0 Å². The number of hydrogen-bond acceptors (Lipinski definition) is 8. The molecule has 3 aromatic carbocycles. The molecule has 0 bridgehead atoms. The fraction of sp³-hybridized carbons (Fsp3) is 0.395. The summed E-state index contributed by atoms with van der Waals surface area (Å²) in [6.45, 7) is 0.344. The first-order valence-electron chi connectivity index (χ1n) is 17.5. The van der Waals surface area contributed by atoms with Crippen LogP contribution in [-0.4, -0.2) is 106 Å². The molecule has 0 radical (unpaired) electrons. The van der Waals surface area contributed by atoms with E-state index < -0.39 is 24.4 Å². The number of nitrogens with zero attached hydrogens (tertiary/aromatic N) is 6. The Morgan fingerprint density at radius 1 is 1.02 bits per heavy atom. The number of ether oxygens (including phenoxy) is 2. The zero-order valence-electron chi connectivity index (χ0n) is 29.8. The highest BCUT2D eigenvalue weighted by molar-refractivity contribution is 5.98. The van der Waals surface area contributed by atoms with Gasteiger partial charge in [0.25, 0.3) is 5.91 Å². The second kappa shape index (κ2) is 16.8. The molecule has 1 aliphatic rings. The molecule has 16 heteroatoms. The first-order valence-corrected chi connectivity index (χ1v) is 17.5. The molecule has 2 aromatic heterocycles. The zero-order chi connectivity index (χ0) is 38.4. The topological polar surface area (TPSA) is 118 Å². The van der Waals surface area contributed by atoms with E-state index in [4.69, 9.17) is 9.47 Å². The van der Waals surface area contributed by atoms with Crippen LogP contribution in [-0.2, 0) is 11.3 Å². The standard InChI is InChI=1S/C38H40F5N7O4/c1-48(37(52)28-19-26(8-10-34(28)53-2)32-21-44-47-46-32)22-27(25-7-9-29(39)30(40)20-25)13-16-49-14-11-24(12-15-49)35(51)36-45-31-5-3-4-6-33(31)50(36)17-18-54-23-38(41,42)43/h3-10,19-21,24,27H,11-18,22-23H2,1-2H3,(H,44,46,47). The summed E-state index contributed by atoms with van der Waals surface area (Å²) in [7, 11) is 3.11. The Morgan fingerprint density at radius 2 is 1.80 bits per heavy atom. The van der Waals surface area contributed by atoms with Crippen molar-refractivity contribution in [3.63, 3.8) is 0 Å². The minimum absolute atomic E-state index is 0.0403. The van der Waals surface area contributed by atoms with E-state index in [1.807, 2.05) is 0 Å². The van der Waals surface area contributed by atoms with E-state index in [2.05, 4.69) is 25.3 Å². The number of carbonyl (C=O) groups excluding carboxylic acids is 2. The summed E-state index contributed by atoms with van der Waals surface area (Å²) in [6.07, 6.45) is -1.35. The molecule has 1 amide bonds. The van der Waals surface area contributed by atoms with Gasteiger partial charge < -0.3 is 23.8 Å². The average Bonchev–Trinajstić information content (AvgIpc) is 3.84. The molecule has 1 unspecified atom stereocenters. The number of likely N-dealkylation sites (tertiary alicyclic amines) is 1. The van der Waals surface area contributed by atoms with E-state index in [9.17, 15) is 31.5 Å². The van der Waals surface area contributed by atoms with E-state index in [0.29, 0.717) is 78.1 Å². The van der Waals surface area contributed by atoms with Gasteiger partial charge in [0.1, 0.15) is 18.1 Å². The Morgan fingerprint density at radius 3 is 2.50 bits per heavy atom. The number of likely N-dealkylation sites (N-methyl/N-ethyl adjacent to an activating group) is 1. The van der Waals surface area contributed by atoms with Crippen LogP contribution < -0.4 is 4.74 Å². The number of aromatic amines is 1. The summed E-state index contributed by atoms with van der Waals surface area (Å²) < 4.78 is 78.3. The molecule has 6 rings (SSSR count). The lowest BCUT2D eigenvalue weighted by molar-refractivity contribution is -0.174. The Labute approximate surface area is 308 Å². The minimum Gasteiger partial charge on any atom is -0.496 e. The Kier molecular flexibility index (Phi) is 12.0. The van der Waals surface area contributed by atoms with Crippen LogP contribution in [0.1, 0.15) is 51.7 Å². The molecule has 1 fully saturated rings. The monoisotopic (exact) mass is 753 g/mol. The molecule has 3 heterocycles. The van der Waals surface area contributed by atoms with Crippen LogP contribution in [0.4, 0.5) is 22.0 Å². The number of alkyl halides is 3. The molecule has 1 atom stereocenters. The van der Waals surface area contributed by atoms with E-state index in [1.165, 1.54) is 24.3 Å². The van der Waals surface area contributed by atoms with Gasteiger partial charge in [-0.05, 0) is 86.9 Å². The van der Waals surface area contributed by atoms with Crippen LogP contribution in [0.2, 0.25) is 0 Å². The number of H-pyrrole nitrogens is 1. The number of para-hydroxylation sites is 2. The maximum atomic E-state index is 14.5. The smallest absolute Gasteiger partial charge is 0.411 e. The number of ketones is 1. The number of benzene rings is 3. The third-order valence-corrected chi connectivity index (χ3v) is 9.75. The number of nitrogens with one attached hydrogen (secondary N) is 1. The van der Waals surface area contributed by atoms with E-state index in [1.54, 1.807) is 54.1 Å². The van der Waals surface area contributed by atoms with Crippen molar-refractivity contribution in [2.24, 2.45) is 5.92 Å². The molecular weight excluding hydrogens is 713 g/mol. The molecule has 11 nitrogen and oxygen atoms in total.